The summed E-state index contributed by atoms with van der Waals surface area (Å²) in [6.45, 7) is 4.46. The molecule has 1 aliphatic carbocycles. The highest BCUT2D eigenvalue weighted by molar-refractivity contribution is 5.64. The Morgan fingerprint density at radius 3 is 2.85 bits per heavy atom. The van der Waals surface area contributed by atoms with E-state index in [-0.39, 0.29) is 17.1 Å². The van der Waals surface area contributed by atoms with Crippen molar-refractivity contribution in [2.45, 2.75) is 45.6 Å². The third kappa shape index (κ3) is 3.27. The first-order valence-corrected chi connectivity index (χ1v) is 6.86. The quantitative estimate of drug-likeness (QED) is 0.670. The monoisotopic (exact) mass is 273 g/mol. The van der Waals surface area contributed by atoms with Gasteiger partial charge in [-0.25, -0.2) is 0 Å². The van der Waals surface area contributed by atoms with Gasteiger partial charge in [-0.1, -0.05) is 20.3 Å². The first-order valence-electron chi connectivity index (χ1n) is 6.86. The van der Waals surface area contributed by atoms with E-state index in [1.54, 1.807) is 12.1 Å². The Kier molecular flexibility index (Phi) is 3.93. The lowest BCUT2D eigenvalue weighted by Crippen LogP contribution is -2.31. The van der Waals surface area contributed by atoms with Crippen LogP contribution in [-0.2, 0) is 0 Å². The predicted molar refractivity (Wildman–Crippen MR) is 77.5 cm³/mol. The van der Waals surface area contributed by atoms with Crippen LogP contribution in [0, 0.1) is 26.9 Å². The third-order valence-electron chi connectivity index (χ3n) is 3.89. The van der Waals surface area contributed by atoms with Gasteiger partial charge in [-0.2, -0.15) is 5.26 Å². The summed E-state index contributed by atoms with van der Waals surface area (Å²) in [6.07, 6.45) is 4.36. The van der Waals surface area contributed by atoms with E-state index in [9.17, 15) is 10.1 Å². The van der Waals surface area contributed by atoms with Crippen molar-refractivity contribution >= 4 is 11.4 Å². The van der Waals surface area contributed by atoms with Gasteiger partial charge in [0.2, 0.25) is 0 Å². The van der Waals surface area contributed by atoms with Crippen LogP contribution in [0.25, 0.3) is 0 Å². The van der Waals surface area contributed by atoms with Crippen LogP contribution < -0.4 is 5.32 Å². The molecule has 2 rings (SSSR count). The highest BCUT2D eigenvalue weighted by atomic mass is 16.6. The zero-order chi connectivity index (χ0) is 14.8. The fourth-order valence-corrected chi connectivity index (χ4v) is 2.92. The van der Waals surface area contributed by atoms with Gasteiger partial charge in [0, 0.05) is 12.1 Å². The van der Waals surface area contributed by atoms with E-state index in [2.05, 4.69) is 19.2 Å². The first kappa shape index (κ1) is 14.3. The SMILES string of the molecule is CC1(C)CCCC(Nc2ccc(C#N)cc2[N+](=O)[O-])C1. The minimum absolute atomic E-state index is 0.0209. The molecule has 0 aliphatic heterocycles. The molecule has 0 aromatic heterocycles. The molecule has 0 bridgehead atoms. The molecule has 1 saturated carbocycles. The predicted octanol–water partition coefficient (Wildman–Crippen LogP) is 3.85. The molecule has 1 aromatic rings. The van der Waals surface area contributed by atoms with Gasteiger partial charge in [-0.3, -0.25) is 10.1 Å². The van der Waals surface area contributed by atoms with Gasteiger partial charge in [0.05, 0.1) is 16.6 Å². The Hall–Kier alpha value is -2.09. The molecule has 5 nitrogen and oxygen atoms in total. The number of nitrogens with zero attached hydrogens (tertiary/aromatic N) is 2. The largest absolute Gasteiger partial charge is 0.377 e. The zero-order valence-electron chi connectivity index (χ0n) is 11.8. The van der Waals surface area contributed by atoms with Crippen LogP contribution in [0.15, 0.2) is 18.2 Å². The summed E-state index contributed by atoms with van der Waals surface area (Å²) in [5.41, 5.74) is 1.08. The molecule has 1 N–H and O–H groups in total. The average molecular weight is 273 g/mol. The Labute approximate surface area is 118 Å². The number of rotatable bonds is 3. The Morgan fingerprint density at radius 2 is 2.25 bits per heavy atom. The van der Waals surface area contributed by atoms with Crippen molar-refractivity contribution in [1.82, 2.24) is 0 Å². The molecule has 106 valence electrons. The van der Waals surface area contributed by atoms with Gasteiger partial charge in [0.15, 0.2) is 0 Å². The lowest BCUT2D eigenvalue weighted by atomic mass is 9.75. The maximum Gasteiger partial charge on any atom is 0.293 e. The molecule has 1 aromatic carbocycles. The van der Waals surface area contributed by atoms with Crippen molar-refractivity contribution in [3.05, 3.63) is 33.9 Å². The number of benzene rings is 1. The lowest BCUT2D eigenvalue weighted by molar-refractivity contribution is -0.384. The molecule has 20 heavy (non-hydrogen) atoms. The van der Waals surface area contributed by atoms with Crippen molar-refractivity contribution in [3.8, 4) is 6.07 Å². The molecule has 0 saturated heterocycles. The minimum Gasteiger partial charge on any atom is -0.377 e. The van der Waals surface area contributed by atoms with E-state index in [0.29, 0.717) is 11.3 Å². The number of hydrogen-bond acceptors (Lipinski definition) is 4. The van der Waals surface area contributed by atoms with Gasteiger partial charge in [0.25, 0.3) is 5.69 Å². The number of anilines is 1. The van der Waals surface area contributed by atoms with Gasteiger partial charge >= 0.3 is 0 Å². The molecular weight excluding hydrogens is 254 g/mol. The van der Waals surface area contributed by atoms with Gasteiger partial charge in [-0.05, 0) is 36.8 Å². The molecule has 0 heterocycles. The van der Waals surface area contributed by atoms with Crippen LogP contribution in [-0.4, -0.2) is 11.0 Å². The molecule has 1 aliphatic rings. The minimum atomic E-state index is -0.433. The highest BCUT2D eigenvalue weighted by Gasteiger charge is 2.29. The van der Waals surface area contributed by atoms with Gasteiger partial charge in [0.1, 0.15) is 5.69 Å². The van der Waals surface area contributed by atoms with Crippen molar-refractivity contribution in [2.24, 2.45) is 5.41 Å². The molecule has 0 spiro atoms. The lowest BCUT2D eigenvalue weighted by Gasteiger charge is -2.35. The third-order valence-corrected chi connectivity index (χ3v) is 3.89. The summed E-state index contributed by atoms with van der Waals surface area (Å²) in [4.78, 5) is 10.7. The molecule has 5 heteroatoms. The molecule has 1 fully saturated rings. The molecule has 1 unspecified atom stereocenters. The van der Waals surface area contributed by atoms with Crippen LogP contribution >= 0.6 is 0 Å². The number of nitro groups is 1. The number of nitriles is 1. The molecular formula is C15H19N3O2. The normalized spacial score (nSPS) is 20.9. The first-order chi connectivity index (χ1) is 9.41. The fraction of sp³-hybridized carbons (Fsp3) is 0.533. The summed E-state index contributed by atoms with van der Waals surface area (Å²) in [5.74, 6) is 0. The summed E-state index contributed by atoms with van der Waals surface area (Å²) in [7, 11) is 0. The second-order valence-electron chi connectivity index (χ2n) is 6.20. The maximum absolute atomic E-state index is 11.1. The molecule has 0 amide bonds. The van der Waals surface area contributed by atoms with Gasteiger partial charge < -0.3 is 5.32 Å². The maximum atomic E-state index is 11.1. The second-order valence-corrected chi connectivity index (χ2v) is 6.20. The van der Waals surface area contributed by atoms with Crippen LogP contribution in [0.2, 0.25) is 0 Å². The van der Waals surface area contributed by atoms with Crippen LogP contribution in [0.3, 0.4) is 0 Å². The summed E-state index contributed by atoms with van der Waals surface area (Å²) in [6, 6.07) is 6.77. The van der Waals surface area contributed by atoms with Crippen molar-refractivity contribution in [3.63, 3.8) is 0 Å². The van der Waals surface area contributed by atoms with Crippen molar-refractivity contribution < 1.29 is 4.92 Å². The summed E-state index contributed by atoms with van der Waals surface area (Å²) >= 11 is 0. The standard InChI is InChI=1S/C15H19N3O2/c1-15(2)7-3-4-12(9-15)17-13-6-5-11(10-16)8-14(13)18(19)20/h5-6,8,12,17H,3-4,7,9H2,1-2H3. The zero-order valence-corrected chi connectivity index (χ0v) is 11.8. The van der Waals surface area contributed by atoms with E-state index >= 15 is 0 Å². The highest BCUT2D eigenvalue weighted by Crippen LogP contribution is 2.37. The van der Waals surface area contributed by atoms with Gasteiger partial charge in [-0.15, -0.1) is 0 Å². The van der Waals surface area contributed by atoms with E-state index in [4.69, 9.17) is 5.26 Å². The smallest absolute Gasteiger partial charge is 0.293 e. The van der Waals surface area contributed by atoms with E-state index in [0.717, 1.165) is 19.3 Å². The Morgan fingerprint density at radius 1 is 1.50 bits per heavy atom. The molecule has 1 atom stereocenters. The topological polar surface area (TPSA) is 79.0 Å². The fourth-order valence-electron chi connectivity index (χ4n) is 2.92. The van der Waals surface area contributed by atoms with Crippen LogP contribution in [0.4, 0.5) is 11.4 Å². The van der Waals surface area contributed by atoms with E-state index in [1.165, 1.54) is 12.5 Å². The number of nitrogens with one attached hydrogen (secondary N) is 1. The van der Waals surface area contributed by atoms with Crippen molar-refractivity contribution in [1.29, 1.82) is 5.26 Å². The Balaban J connectivity index is 2.21. The Bertz CT molecular complexity index is 561. The van der Waals surface area contributed by atoms with E-state index < -0.39 is 4.92 Å². The van der Waals surface area contributed by atoms with Crippen LogP contribution in [0.1, 0.15) is 45.1 Å². The number of hydrogen-bond donors (Lipinski definition) is 1. The van der Waals surface area contributed by atoms with E-state index in [1.807, 2.05) is 6.07 Å². The molecule has 0 radical (unpaired) electrons. The second kappa shape index (κ2) is 5.49. The number of nitro benzene ring substituents is 1. The summed E-state index contributed by atoms with van der Waals surface area (Å²) in [5, 5.41) is 23.2. The van der Waals surface area contributed by atoms with Crippen molar-refractivity contribution in [2.75, 3.05) is 5.32 Å². The average Bonchev–Trinajstić information content (AvgIpc) is 2.37. The summed E-state index contributed by atoms with van der Waals surface area (Å²) < 4.78 is 0. The van der Waals surface area contributed by atoms with Crippen LogP contribution in [0.5, 0.6) is 0 Å².